The zero-order valence-electron chi connectivity index (χ0n) is 19.1. The van der Waals surface area contributed by atoms with Crippen molar-refractivity contribution in [2.45, 2.75) is 11.3 Å². The minimum atomic E-state index is 0.628. The summed E-state index contributed by atoms with van der Waals surface area (Å²) >= 11 is 0.769. The fourth-order valence-electron chi connectivity index (χ4n) is 4.05. The van der Waals surface area contributed by atoms with Gasteiger partial charge >= 0.3 is 5.65 Å². The molecule has 0 bridgehead atoms. The van der Waals surface area contributed by atoms with Crippen molar-refractivity contribution < 1.29 is 13.8 Å². The van der Waals surface area contributed by atoms with Crippen LogP contribution < -0.4 is 9.25 Å². The highest BCUT2D eigenvalue weighted by Gasteiger charge is 2.19. The van der Waals surface area contributed by atoms with Gasteiger partial charge in [-0.15, -0.1) is 4.52 Å². The highest BCUT2D eigenvalue weighted by atomic mass is 32.2. The average molecular weight is 473 g/mol. The van der Waals surface area contributed by atoms with Gasteiger partial charge in [0.2, 0.25) is 5.88 Å². The lowest BCUT2D eigenvalue weighted by Gasteiger charge is -2.09. The van der Waals surface area contributed by atoms with E-state index >= 15 is 0 Å². The molecule has 0 saturated carbocycles. The standard InChI is InChI=1S/C26H25N5O2S/c1-30(2)12-5-13-33-25-11-8-18(14-27-25)19-15-28-26-23(16-29-31(26)17-19)21-9-10-24(34-32)22-7-4-3-6-20(21)22/h3-4,6-11,14-17,32H,5,12-13H2,1-2H3/p+1. The summed E-state index contributed by atoms with van der Waals surface area (Å²) in [6.45, 7) is 1.63. The predicted molar refractivity (Wildman–Crippen MR) is 135 cm³/mol. The van der Waals surface area contributed by atoms with E-state index in [0.29, 0.717) is 12.5 Å². The Morgan fingerprint density at radius 3 is 2.56 bits per heavy atom. The Kier molecular flexibility index (Phi) is 6.44. The van der Waals surface area contributed by atoms with E-state index in [1.165, 1.54) is 0 Å². The molecule has 0 aliphatic rings. The number of nitrogens with one attached hydrogen (secondary N) is 1. The van der Waals surface area contributed by atoms with Crippen LogP contribution in [0.3, 0.4) is 0 Å². The van der Waals surface area contributed by atoms with Gasteiger partial charge in [0, 0.05) is 41.3 Å². The smallest absolute Gasteiger partial charge is 0.355 e. The lowest BCUT2D eigenvalue weighted by atomic mass is 10.00. The number of hydrogen-bond donors (Lipinski definition) is 2. The van der Waals surface area contributed by atoms with E-state index in [1.54, 1.807) is 0 Å². The Labute approximate surface area is 202 Å². The highest BCUT2D eigenvalue weighted by molar-refractivity contribution is 7.94. The van der Waals surface area contributed by atoms with Crippen molar-refractivity contribution in [2.24, 2.45) is 0 Å². The zero-order valence-corrected chi connectivity index (χ0v) is 19.9. The second-order valence-electron chi connectivity index (χ2n) is 8.36. The maximum atomic E-state index is 9.64. The molecule has 0 unspecified atom stereocenters. The molecule has 0 fully saturated rings. The third-order valence-corrected chi connectivity index (χ3v) is 6.31. The van der Waals surface area contributed by atoms with Crippen LogP contribution in [0.15, 0.2) is 78.2 Å². The van der Waals surface area contributed by atoms with Crippen LogP contribution >= 0.6 is 12.0 Å². The summed E-state index contributed by atoms with van der Waals surface area (Å²) in [4.78, 5) is 12.2. The first-order valence-corrected chi connectivity index (χ1v) is 11.9. The number of hydrogen-bond acceptors (Lipinski definition) is 6. The van der Waals surface area contributed by atoms with Crippen LogP contribution in [-0.4, -0.2) is 51.8 Å². The minimum absolute atomic E-state index is 0.628. The summed E-state index contributed by atoms with van der Waals surface area (Å²) in [6, 6.07) is 15.9. The lowest BCUT2D eigenvalue weighted by Crippen LogP contribution is -2.23. The molecule has 0 amide bonds. The number of ether oxygens (including phenoxy) is 1. The molecular weight excluding hydrogens is 446 g/mol. The normalized spacial score (nSPS) is 11.5. The van der Waals surface area contributed by atoms with Gasteiger partial charge in [0.05, 0.1) is 23.9 Å². The van der Waals surface area contributed by atoms with E-state index < -0.39 is 0 Å². The SMILES string of the molecule is CN(C)CCCOc1ccc(-c2cnc3c(-c4ccc(SO)c5ccccc45)c[nH][n+]3c2)cn1. The van der Waals surface area contributed by atoms with E-state index in [-0.39, 0.29) is 0 Å². The number of aromatic amines is 1. The van der Waals surface area contributed by atoms with Crippen molar-refractivity contribution in [1.82, 2.24) is 20.0 Å². The first-order valence-electron chi connectivity index (χ1n) is 11.1. The molecule has 2 N–H and O–H groups in total. The first-order chi connectivity index (χ1) is 16.6. The van der Waals surface area contributed by atoms with E-state index in [0.717, 1.165) is 68.6 Å². The van der Waals surface area contributed by atoms with E-state index in [2.05, 4.69) is 35.1 Å². The van der Waals surface area contributed by atoms with Gasteiger partial charge in [-0.3, -0.25) is 0 Å². The van der Waals surface area contributed by atoms with Crippen molar-refractivity contribution in [3.63, 3.8) is 0 Å². The quantitative estimate of drug-likeness (QED) is 0.190. The summed E-state index contributed by atoms with van der Waals surface area (Å²) in [6.07, 6.45) is 8.61. The van der Waals surface area contributed by atoms with Crippen LogP contribution in [0, 0.1) is 0 Å². The number of aromatic nitrogens is 4. The van der Waals surface area contributed by atoms with Crippen molar-refractivity contribution in [3.8, 4) is 28.1 Å². The van der Waals surface area contributed by atoms with Crippen LogP contribution in [0.4, 0.5) is 0 Å². The van der Waals surface area contributed by atoms with Gasteiger partial charge < -0.3 is 14.2 Å². The molecule has 0 spiro atoms. The summed E-state index contributed by atoms with van der Waals surface area (Å²) in [7, 11) is 4.11. The van der Waals surface area contributed by atoms with Gasteiger partial charge in [0.1, 0.15) is 6.20 Å². The van der Waals surface area contributed by atoms with Crippen molar-refractivity contribution >= 4 is 28.5 Å². The molecule has 34 heavy (non-hydrogen) atoms. The Morgan fingerprint density at radius 2 is 1.79 bits per heavy atom. The predicted octanol–water partition coefficient (Wildman–Crippen LogP) is 4.93. The van der Waals surface area contributed by atoms with E-state index in [1.807, 2.05) is 71.8 Å². The second kappa shape index (κ2) is 9.80. The summed E-state index contributed by atoms with van der Waals surface area (Å²) in [5.74, 6) is 0.628. The van der Waals surface area contributed by atoms with E-state index in [9.17, 15) is 4.55 Å². The molecule has 5 rings (SSSR count). The van der Waals surface area contributed by atoms with Gasteiger partial charge in [-0.2, -0.15) is 0 Å². The lowest BCUT2D eigenvalue weighted by molar-refractivity contribution is -0.578. The second-order valence-corrected chi connectivity index (χ2v) is 8.98. The average Bonchev–Trinajstić information content (AvgIpc) is 3.29. The number of benzene rings is 2. The molecule has 7 nitrogen and oxygen atoms in total. The monoisotopic (exact) mass is 472 g/mol. The van der Waals surface area contributed by atoms with Crippen LogP contribution in [0.2, 0.25) is 0 Å². The summed E-state index contributed by atoms with van der Waals surface area (Å²) in [5, 5.41) is 5.38. The van der Waals surface area contributed by atoms with Gasteiger partial charge in [-0.25, -0.2) is 10.1 Å². The third-order valence-electron chi connectivity index (χ3n) is 5.75. The number of nitrogens with zero attached hydrogens (tertiary/aromatic N) is 4. The van der Waals surface area contributed by atoms with Gasteiger partial charge in [-0.05, 0) is 54.0 Å². The molecule has 0 radical (unpaired) electrons. The van der Waals surface area contributed by atoms with Gasteiger partial charge in [0.15, 0.2) is 6.20 Å². The molecule has 8 heteroatoms. The highest BCUT2D eigenvalue weighted by Crippen LogP contribution is 2.35. The minimum Gasteiger partial charge on any atom is -0.478 e. The van der Waals surface area contributed by atoms with Crippen LogP contribution in [-0.2, 0) is 0 Å². The Morgan fingerprint density at radius 1 is 0.971 bits per heavy atom. The van der Waals surface area contributed by atoms with Crippen LogP contribution in [0.5, 0.6) is 5.88 Å². The maximum absolute atomic E-state index is 9.64. The van der Waals surface area contributed by atoms with Gasteiger partial charge in [-0.1, -0.05) is 30.3 Å². The van der Waals surface area contributed by atoms with Crippen LogP contribution in [0.1, 0.15) is 6.42 Å². The van der Waals surface area contributed by atoms with Crippen molar-refractivity contribution in [2.75, 3.05) is 27.2 Å². The largest absolute Gasteiger partial charge is 0.478 e. The molecule has 0 aliphatic heterocycles. The molecule has 5 aromatic rings. The fraction of sp³-hybridized carbons (Fsp3) is 0.192. The Balaban J connectivity index is 1.41. The Hall–Kier alpha value is -3.46. The van der Waals surface area contributed by atoms with E-state index in [4.69, 9.17) is 9.72 Å². The molecule has 0 saturated heterocycles. The van der Waals surface area contributed by atoms with Crippen LogP contribution in [0.25, 0.3) is 38.7 Å². The first kappa shape index (κ1) is 22.3. The number of rotatable bonds is 8. The maximum Gasteiger partial charge on any atom is 0.355 e. The molecule has 0 atom stereocenters. The third kappa shape index (κ3) is 4.48. The van der Waals surface area contributed by atoms with Crippen molar-refractivity contribution in [3.05, 3.63) is 73.3 Å². The number of pyridine rings is 1. The molecule has 3 heterocycles. The molecule has 0 aliphatic carbocycles. The summed E-state index contributed by atoms with van der Waals surface area (Å²) in [5.41, 5.74) is 4.80. The van der Waals surface area contributed by atoms with Gasteiger partial charge in [0.25, 0.3) is 0 Å². The topological polar surface area (TPSA) is 78.4 Å². The van der Waals surface area contributed by atoms with Crippen molar-refractivity contribution in [1.29, 1.82) is 0 Å². The summed E-state index contributed by atoms with van der Waals surface area (Å²) < 4.78 is 17.3. The molecule has 2 aromatic carbocycles. The number of H-pyrrole nitrogens is 1. The molecular formula is C26H26N5O2S+. The Bertz CT molecular complexity index is 1430. The molecule has 172 valence electrons. The zero-order chi connectivity index (χ0) is 23.5. The fourth-order valence-corrected chi connectivity index (χ4v) is 4.46. The number of fused-ring (bicyclic) bond motifs is 2. The molecule has 3 aromatic heterocycles.